The number of halogens is 1. The fourth-order valence-corrected chi connectivity index (χ4v) is 2.62. The first-order valence-corrected chi connectivity index (χ1v) is 8.64. The van der Waals surface area contributed by atoms with E-state index in [1.165, 1.54) is 0 Å². The van der Waals surface area contributed by atoms with Crippen molar-refractivity contribution >= 4 is 39.2 Å². The van der Waals surface area contributed by atoms with Crippen LogP contribution in [0, 0.1) is 0 Å². The number of anilines is 2. The maximum Gasteiger partial charge on any atom is 0.319 e. The summed E-state index contributed by atoms with van der Waals surface area (Å²) in [6.45, 7) is 0.305. The van der Waals surface area contributed by atoms with Crippen molar-refractivity contribution in [2.24, 2.45) is 0 Å². The van der Waals surface area contributed by atoms with Crippen LogP contribution in [-0.4, -0.2) is 11.9 Å². The van der Waals surface area contributed by atoms with Gasteiger partial charge in [0.25, 0.3) is 5.91 Å². The van der Waals surface area contributed by atoms with E-state index in [2.05, 4.69) is 31.9 Å². The number of hydrogen-bond acceptors (Lipinski definition) is 3. The number of carbonyl (C=O) groups is 2. The summed E-state index contributed by atoms with van der Waals surface area (Å²) in [7, 11) is 0. The molecule has 3 rings (SSSR count). The Morgan fingerprint density at radius 2 is 1.65 bits per heavy atom. The zero-order valence-corrected chi connectivity index (χ0v) is 15.2. The third-order valence-corrected chi connectivity index (χ3v) is 3.98. The normalized spacial score (nSPS) is 10.2. The van der Waals surface area contributed by atoms with Crippen LogP contribution in [0.15, 0.2) is 75.8 Å². The van der Waals surface area contributed by atoms with Crippen LogP contribution in [-0.2, 0) is 6.54 Å². The van der Waals surface area contributed by atoms with Crippen LogP contribution in [0.4, 0.5) is 16.2 Å². The molecule has 3 amide bonds. The smallest absolute Gasteiger partial charge is 0.319 e. The average molecular weight is 414 g/mol. The van der Waals surface area contributed by atoms with Crippen LogP contribution in [0.2, 0.25) is 0 Å². The number of furan rings is 1. The number of hydrogen-bond donors (Lipinski definition) is 3. The molecule has 3 aromatic rings. The van der Waals surface area contributed by atoms with E-state index in [1.807, 2.05) is 6.07 Å². The summed E-state index contributed by atoms with van der Waals surface area (Å²) in [5.41, 5.74) is 1.80. The summed E-state index contributed by atoms with van der Waals surface area (Å²) in [5.74, 6) is 0.467. The molecule has 0 bridgehead atoms. The highest BCUT2D eigenvalue weighted by Gasteiger charge is 2.07. The van der Waals surface area contributed by atoms with Gasteiger partial charge in [-0.3, -0.25) is 4.79 Å². The molecule has 132 valence electrons. The number of nitrogens with one attached hydrogen (secondary N) is 3. The predicted molar refractivity (Wildman–Crippen MR) is 103 cm³/mol. The summed E-state index contributed by atoms with van der Waals surface area (Å²) in [5, 5.41) is 8.21. The van der Waals surface area contributed by atoms with Crippen molar-refractivity contribution in [2.45, 2.75) is 6.54 Å². The molecule has 7 heteroatoms. The molecule has 0 saturated carbocycles. The average Bonchev–Trinajstić information content (AvgIpc) is 3.15. The molecule has 6 nitrogen and oxygen atoms in total. The van der Waals surface area contributed by atoms with Crippen molar-refractivity contribution in [2.75, 3.05) is 10.6 Å². The fraction of sp³-hybridized carbons (Fsp3) is 0.0526. The van der Waals surface area contributed by atoms with Crippen LogP contribution >= 0.6 is 15.9 Å². The van der Waals surface area contributed by atoms with Crippen molar-refractivity contribution in [1.29, 1.82) is 0 Å². The van der Waals surface area contributed by atoms with Crippen LogP contribution in [0.25, 0.3) is 0 Å². The van der Waals surface area contributed by atoms with Gasteiger partial charge in [0.2, 0.25) is 0 Å². The number of carbonyl (C=O) groups excluding carboxylic acids is 2. The van der Waals surface area contributed by atoms with Gasteiger partial charge in [-0.25, -0.2) is 4.79 Å². The van der Waals surface area contributed by atoms with Crippen LogP contribution in [0.1, 0.15) is 16.1 Å². The zero-order chi connectivity index (χ0) is 18.4. The van der Waals surface area contributed by atoms with Crippen LogP contribution in [0.5, 0.6) is 0 Å². The van der Waals surface area contributed by atoms with Gasteiger partial charge >= 0.3 is 6.03 Å². The van der Waals surface area contributed by atoms with Crippen molar-refractivity contribution in [3.8, 4) is 0 Å². The molecular weight excluding hydrogens is 398 g/mol. The second-order valence-electron chi connectivity index (χ2n) is 5.43. The van der Waals surface area contributed by atoms with E-state index in [1.54, 1.807) is 60.9 Å². The Morgan fingerprint density at radius 1 is 0.923 bits per heavy atom. The van der Waals surface area contributed by atoms with E-state index in [4.69, 9.17) is 4.42 Å². The van der Waals surface area contributed by atoms with Crippen molar-refractivity contribution < 1.29 is 14.0 Å². The monoisotopic (exact) mass is 413 g/mol. The SMILES string of the molecule is O=C(NCc1ccco1)Nc1ccc(NC(=O)c2cccc(Br)c2)cc1. The van der Waals surface area contributed by atoms with Gasteiger partial charge in [0, 0.05) is 21.4 Å². The highest BCUT2D eigenvalue weighted by atomic mass is 79.9. The molecule has 1 aromatic heterocycles. The molecular formula is C19H16BrN3O3. The molecule has 0 spiro atoms. The number of amides is 3. The van der Waals surface area contributed by atoms with Gasteiger partial charge in [-0.05, 0) is 54.6 Å². The van der Waals surface area contributed by atoms with Crippen molar-refractivity contribution in [3.05, 3.63) is 82.7 Å². The van der Waals surface area contributed by atoms with E-state index in [0.717, 1.165) is 4.47 Å². The maximum atomic E-state index is 12.2. The summed E-state index contributed by atoms with van der Waals surface area (Å²) in [6, 6.07) is 17.2. The van der Waals surface area contributed by atoms with Gasteiger partial charge in [0.05, 0.1) is 12.8 Å². The van der Waals surface area contributed by atoms with E-state index >= 15 is 0 Å². The van der Waals surface area contributed by atoms with E-state index in [-0.39, 0.29) is 11.9 Å². The first-order chi connectivity index (χ1) is 12.6. The first kappa shape index (κ1) is 17.8. The first-order valence-electron chi connectivity index (χ1n) is 7.84. The number of urea groups is 1. The van der Waals surface area contributed by atoms with Crippen LogP contribution < -0.4 is 16.0 Å². The topological polar surface area (TPSA) is 83.4 Å². The van der Waals surface area contributed by atoms with Gasteiger partial charge in [-0.2, -0.15) is 0 Å². The lowest BCUT2D eigenvalue weighted by molar-refractivity contribution is 0.102. The molecule has 0 aliphatic rings. The summed E-state index contributed by atoms with van der Waals surface area (Å²) in [4.78, 5) is 24.1. The fourth-order valence-electron chi connectivity index (χ4n) is 2.23. The molecule has 1 heterocycles. The second-order valence-corrected chi connectivity index (χ2v) is 6.34. The lowest BCUT2D eigenvalue weighted by atomic mass is 10.2. The van der Waals surface area contributed by atoms with E-state index < -0.39 is 0 Å². The van der Waals surface area contributed by atoms with E-state index in [0.29, 0.717) is 29.2 Å². The highest BCUT2D eigenvalue weighted by molar-refractivity contribution is 9.10. The van der Waals surface area contributed by atoms with Gasteiger partial charge < -0.3 is 20.4 Å². The summed E-state index contributed by atoms with van der Waals surface area (Å²) < 4.78 is 5.98. The second kappa shape index (κ2) is 8.35. The summed E-state index contributed by atoms with van der Waals surface area (Å²) in [6.07, 6.45) is 1.55. The lowest BCUT2D eigenvalue weighted by Gasteiger charge is -2.09. The quantitative estimate of drug-likeness (QED) is 0.570. The largest absolute Gasteiger partial charge is 0.467 e. The number of benzene rings is 2. The summed E-state index contributed by atoms with van der Waals surface area (Å²) >= 11 is 3.34. The minimum Gasteiger partial charge on any atom is -0.467 e. The third-order valence-electron chi connectivity index (χ3n) is 3.49. The molecule has 0 radical (unpaired) electrons. The Labute approximate surface area is 158 Å². The predicted octanol–water partition coefficient (Wildman–Crippen LogP) is 4.62. The Bertz CT molecular complexity index is 893. The molecule has 0 atom stereocenters. The van der Waals surface area contributed by atoms with Gasteiger partial charge in [0.15, 0.2) is 0 Å². The molecule has 0 aliphatic heterocycles. The lowest BCUT2D eigenvalue weighted by Crippen LogP contribution is -2.27. The van der Waals surface area contributed by atoms with Crippen LogP contribution in [0.3, 0.4) is 0 Å². The van der Waals surface area contributed by atoms with Gasteiger partial charge in [-0.1, -0.05) is 22.0 Å². The van der Waals surface area contributed by atoms with Crippen molar-refractivity contribution in [3.63, 3.8) is 0 Å². The molecule has 0 unspecified atom stereocenters. The molecule has 0 fully saturated rings. The minimum absolute atomic E-state index is 0.205. The molecule has 0 aliphatic carbocycles. The van der Waals surface area contributed by atoms with Crippen molar-refractivity contribution in [1.82, 2.24) is 5.32 Å². The Balaban J connectivity index is 1.53. The molecule has 2 aromatic carbocycles. The van der Waals surface area contributed by atoms with Gasteiger partial charge in [-0.15, -0.1) is 0 Å². The molecule has 3 N–H and O–H groups in total. The Kier molecular flexibility index (Phi) is 5.70. The highest BCUT2D eigenvalue weighted by Crippen LogP contribution is 2.16. The maximum absolute atomic E-state index is 12.2. The number of rotatable bonds is 5. The third kappa shape index (κ3) is 4.97. The standard InChI is InChI=1S/C19H16BrN3O3/c20-14-4-1-3-13(11-14)18(24)22-15-6-8-16(9-7-15)23-19(25)21-12-17-5-2-10-26-17/h1-11H,12H2,(H,22,24)(H2,21,23,25). The van der Waals surface area contributed by atoms with Gasteiger partial charge in [0.1, 0.15) is 5.76 Å². The Morgan fingerprint density at radius 3 is 2.31 bits per heavy atom. The minimum atomic E-state index is -0.340. The molecule has 26 heavy (non-hydrogen) atoms. The van der Waals surface area contributed by atoms with E-state index in [9.17, 15) is 9.59 Å². The zero-order valence-electron chi connectivity index (χ0n) is 13.7. The molecule has 0 saturated heterocycles. The Hall–Kier alpha value is -3.06.